The van der Waals surface area contributed by atoms with Crippen molar-refractivity contribution in [1.82, 2.24) is 14.1 Å². The molecule has 0 saturated carbocycles. The van der Waals surface area contributed by atoms with Gasteiger partial charge in [-0.25, -0.2) is 0 Å². The molecular weight excluding hydrogens is 286 g/mol. The Morgan fingerprint density at radius 3 is 2.57 bits per heavy atom. The summed E-state index contributed by atoms with van der Waals surface area (Å²) in [7, 11) is 3.83. The molecule has 114 valence electrons. The third-order valence-electron chi connectivity index (χ3n) is 4.48. The lowest BCUT2D eigenvalue weighted by Crippen LogP contribution is -2.20. The summed E-state index contributed by atoms with van der Waals surface area (Å²) >= 11 is 0. The number of aryl methyl sites for hydroxylation is 3. The molecule has 0 N–H and O–H groups in total. The fraction of sp³-hybridized carbons (Fsp3) is 0.158. The first kappa shape index (κ1) is 13.8. The van der Waals surface area contributed by atoms with E-state index in [1.54, 1.807) is 17.0 Å². The molecule has 0 atom stereocenters. The van der Waals surface area contributed by atoms with Crippen LogP contribution >= 0.6 is 0 Å². The average Bonchev–Trinajstić information content (AvgIpc) is 2.83. The Bertz CT molecular complexity index is 1100. The Hall–Kier alpha value is -2.88. The van der Waals surface area contributed by atoms with E-state index in [9.17, 15) is 4.79 Å². The van der Waals surface area contributed by atoms with E-state index in [2.05, 4.69) is 34.7 Å². The van der Waals surface area contributed by atoms with Crippen LogP contribution in [-0.4, -0.2) is 14.1 Å². The number of hydrogen-bond acceptors (Lipinski definition) is 2. The van der Waals surface area contributed by atoms with Gasteiger partial charge in [-0.2, -0.15) is 0 Å². The normalized spacial score (nSPS) is 11.4. The van der Waals surface area contributed by atoms with Gasteiger partial charge in [-0.05, 0) is 31.2 Å². The molecule has 3 aromatic heterocycles. The Labute approximate surface area is 133 Å². The highest BCUT2D eigenvalue weighted by atomic mass is 16.1. The van der Waals surface area contributed by atoms with Crippen molar-refractivity contribution in [2.75, 3.05) is 0 Å². The average molecular weight is 303 g/mol. The van der Waals surface area contributed by atoms with Crippen LogP contribution in [0.1, 0.15) is 5.56 Å². The van der Waals surface area contributed by atoms with Gasteiger partial charge in [0.1, 0.15) is 5.65 Å². The topological polar surface area (TPSA) is 39.8 Å². The van der Waals surface area contributed by atoms with Crippen molar-refractivity contribution in [2.24, 2.45) is 14.1 Å². The zero-order valence-corrected chi connectivity index (χ0v) is 13.4. The molecular formula is C19H17N3O. The summed E-state index contributed by atoms with van der Waals surface area (Å²) < 4.78 is 3.81. The van der Waals surface area contributed by atoms with Gasteiger partial charge in [0.05, 0.1) is 5.52 Å². The highest BCUT2D eigenvalue weighted by molar-refractivity contribution is 6.08. The second-order valence-corrected chi connectivity index (χ2v) is 5.98. The summed E-state index contributed by atoms with van der Waals surface area (Å²) in [6, 6.07) is 12.2. The van der Waals surface area contributed by atoms with E-state index < -0.39 is 0 Å². The minimum atomic E-state index is -0.00636. The SMILES string of the molecule is Cc1ccc2c(c1)c1cc(-c3cccnc3)c(=O)n(C)c1n2C. The molecule has 3 heterocycles. The molecule has 0 aliphatic heterocycles. The van der Waals surface area contributed by atoms with Crippen LogP contribution in [0.2, 0.25) is 0 Å². The number of pyridine rings is 2. The number of hydrogen-bond donors (Lipinski definition) is 0. The molecule has 23 heavy (non-hydrogen) atoms. The molecule has 0 bridgehead atoms. The predicted molar refractivity (Wildman–Crippen MR) is 93.6 cm³/mol. The molecule has 4 nitrogen and oxygen atoms in total. The van der Waals surface area contributed by atoms with Crippen molar-refractivity contribution >= 4 is 21.9 Å². The van der Waals surface area contributed by atoms with Gasteiger partial charge in [0.25, 0.3) is 5.56 Å². The minimum Gasteiger partial charge on any atom is -0.330 e. The van der Waals surface area contributed by atoms with E-state index in [1.807, 2.05) is 32.3 Å². The van der Waals surface area contributed by atoms with Crippen molar-refractivity contribution in [1.29, 1.82) is 0 Å². The number of benzene rings is 1. The molecule has 0 amide bonds. The van der Waals surface area contributed by atoms with Gasteiger partial charge < -0.3 is 4.57 Å². The first-order chi connectivity index (χ1) is 11.1. The molecule has 4 aromatic rings. The number of aromatic nitrogens is 3. The second kappa shape index (κ2) is 4.81. The number of nitrogens with zero attached hydrogens (tertiary/aromatic N) is 3. The van der Waals surface area contributed by atoms with Crippen molar-refractivity contribution < 1.29 is 0 Å². The summed E-state index contributed by atoms with van der Waals surface area (Å²) in [5.74, 6) is 0. The summed E-state index contributed by atoms with van der Waals surface area (Å²) in [5.41, 5.74) is 4.80. The van der Waals surface area contributed by atoms with E-state index in [0.717, 1.165) is 22.1 Å². The van der Waals surface area contributed by atoms with Gasteiger partial charge in [0.15, 0.2) is 0 Å². The maximum Gasteiger partial charge on any atom is 0.259 e. The van der Waals surface area contributed by atoms with E-state index in [4.69, 9.17) is 0 Å². The van der Waals surface area contributed by atoms with Gasteiger partial charge >= 0.3 is 0 Å². The molecule has 0 saturated heterocycles. The van der Waals surface area contributed by atoms with Crippen LogP contribution < -0.4 is 5.56 Å². The Morgan fingerprint density at radius 1 is 1.00 bits per heavy atom. The first-order valence-corrected chi connectivity index (χ1v) is 7.57. The molecule has 0 aliphatic rings. The summed E-state index contributed by atoms with van der Waals surface area (Å²) in [5, 5.41) is 2.26. The molecule has 1 aromatic carbocycles. The van der Waals surface area contributed by atoms with Gasteiger partial charge in [-0.3, -0.25) is 14.3 Å². The quantitative estimate of drug-likeness (QED) is 0.540. The highest BCUT2D eigenvalue weighted by Gasteiger charge is 2.15. The minimum absolute atomic E-state index is 0.00636. The zero-order chi connectivity index (χ0) is 16.1. The fourth-order valence-electron chi connectivity index (χ4n) is 3.33. The summed E-state index contributed by atoms with van der Waals surface area (Å²) in [4.78, 5) is 16.9. The van der Waals surface area contributed by atoms with Crippen molar-refractivity contribution in [3.63, 3.8) is 0 Å². The first-order valence-electron chi connectivity index (χ1n) is 7.57. The number of fused-ring (bicyclic) bond motifs is 3. The Balaban J connectivity index is 2.21. The maximum atomic E-state index is 12.8. The largest absolute Gasteiger partial charge is 0.330 e. The van der Waals surface area contributed by atoms with Crippen LogP contribution in [-0.2, 0) is 14.1 Å². The van der Waals surface area contributed by atoms with E-state index in [0.29, 0.717) is 5.56 Å². The van der Waals surface area contributed by atoms with E-state index in [1.165, 1.54) is 10.9 Å². The fourth-order valence-corrected chi connectivity index (χ4v) is 3.33. The third kappa shape index (κ3) is 1.91. The van der Waals surface area contributed by atoms with Gasteiger partial charge in [0, 0.05) is 48.4 Å². The van der Waals surface area contributed by atoms with Crippen molar-refractivity contribution in [3.05, 3.63) is 64.7 Å². The Kier molecular flexibility index (Phi) is 2.88. The Morgan fingerprint density at radius 2 is 1.83 bits per heavy atom. The van der Waals surface area contributed by atoms with Crippen LogP contribution in [0.15, 0.2) is 53.6 Å². The van der Waals surface area contributed by atoms with Crippen LogP contribution in [0.3, 0.4) is 0 Å². The summed E-state index contributed by atoms with van der Waals surface area (Å²) in [6.07, 6.45) is 3.45. The monoisotopic (exact) mass is 303 g/mol. The lowest BCUT2D eigenvalue weighted by Gasteiger charge is -2.08. The van der Waals surface area contributed by atoms with Crippen molar-refractivity contribution in [2.45, 2.75) is 6.92 Å². The summed E-state index contributed by atoms with van der Waals surface area (Å²) in [6.45, 7) is 2.09. The van der Waals surface area contributed by atoms with Gasteiger partial charge in [-0.15, -0.1) is 0 Å². The van der Waals surface area contributed by atoms with Crippen LogP contribution in [0, 0.1) is 6.92 Å². The molecule has 0 unspecified atom stereocenters. The van der Waals surface area contributed by atoms with Crippen LogP contribution in [0.4, 0.5) is 0 Å². The predicted octanol–water partition coefficient (Wildman–Crippen LogP) is 3.40. The molecule has 0 fully saturated rings. The molecule has 4 rings (SSSR count). The molecule has 0 aliphatic carbocycles. The van der Waals surface area contributed by atoms with E-state index >= 15 is 0 Å². The zero-order valence-electron chi connectivity index (χ0n) is 13.4. The van der Waals surface area contributed by atoms with Gasteiger partial charge in [-0.1, -0.05) is 17.7 Å². The second-order valence-electron chi connectivity index (χ2n) is 5.98. The van der Waals surface area contributed by atoms with Gasteiger partial charge in [0.2, 0.25) is 0 Å². The lowest BCUT2D eigenvalue weighted by molar-refractivity contribution is 0.846. The smallest absolute Gasteiger partial charge is 0.259 e. The standard InChI is InChI=1S/C19H17N3O/c1-12-6-7-17-15(9-12)16-10-14(13-5-4-8-20-11-13)19(23)22(3)18(16)21(17)2/h4-11H,1-3H3. The highest BCUT2D eigenvalue weighted by Crippen LogP contribution is 2.30. The molecule has 0 spiro atoms. The van der Waals surface area contributed by atoms with E-state index in [-0.39, 0.29) is 5.56 Å². The maximum absolute atomic E-state index is 12.8. The number of rotatable bonds is 1. The van der Waals surface area contributed by atoms with Crippen LogP contribution in [0.5, 0.6) is 0 Å². The molecule has 0 radical (unpaired) electrons. The lowest BCUT2D eigenvalue weighted by atomic mass is 10.1. The third-order valence-corrected chi connectivity index (χ3v) is 4.48. The van der Waals surface area contributed by atoms with Crippen LogP contribution in [0.25, 0.3) is 33.1 Å². The molecule has 4 heteroatoms. The van der Waals surface area contributed by atoms with Crippen molar-refractivity contribution in [3.8, 4) is 11.1 Å².